The second kappa shape index (κ2) is 9.88. The lowest BCUT2D eigenvalue weighted by Gasteiger charge is -2.29. The number of carbonyl (C=O) groups is 1. The van der Waals surface area contributed by atoms with Crippen molar-refractivity contribution in [1.82, 2.24) is 19.5 Å². The molecule has 3 heterocycles. The molecule has 0 unspecified atom stereocenters. The van der Waals surface area contributed by atoms with Crippen LogP contribution in [0.5, 0.6) is 0 Å². The smallest absolute Gasteiger partial charge is 0.225 e. The predicted molar refractivity (Wildman–Crippen MR) is 123 cm³/mol. The summed E-state index contributed by atoms with van der Waals surface area (Å²) >= 11 is 0. The van der Waals surface area contributed by atoms with Crippen molar-refractivity contribution in [3.05, 3.63) is 35.8 Å². The maximum atomic E-state index is 14.4. The number of alkyl halides is 1. The van der Waals surface area contributed by atoms with Gasteiger partial charge in [0.05, 0.1) is 18.8 Å². The molecule has 4 N–H and O–H groups in total. The van der Waals surface area contributed by atoms with E-state index < -0.39 is 35.4 Å². The standard InChI is InChI=1S/C23H25F4N7O2/c24-12-7-14(25)19(15(26)8-12)32-23-31-18-9-29-22(30-17-5-6-36-10-16(17)27)33-21(18)34(23)13-3-1-11(2-4-13)20(28)35/h7-9,11,13,16-17H,1-6,10H2,(H2,28,35)(H,31,32)(H,29,30,33)/t11-,13+,16-,17-/m1/s1. The highest BCUT2D eigenvalue weighted by Gasteiger charge is 2.30. The number of anilines is 3. The summed E-state index contributed by atoms with van der Waals surface area (Å²) < 4.78 is 63.3. The third-order valence-corrected chi connectivity index (χ3v) is 6.74. The zero-order valence-electron chi connectivity index (χ0n) is 19.2. The fourth-order valence-corrected chi connectivity index (χ4v) is 4.82. The Morgan fingerprint density at radius 1 is 1.08 bits per heavy atom. The second-order valence-corrected chi connectivity index (χ2v) is 9.12. The molecule has 1 aliphatic carbocycles. The highest BCUT2D eigenvalue weighted by Crippen LogP contribution is 2.37. The molecule has 1 saturated heterocycles. The highest BCUT2D eigenvalue weighted by molar-refractivity contribution is 5.78. The Morgan fingerprint density at radius 2 is 1.81 bits per heavy atom. The van der Waals surface area contributed by atoms with Gasteiger partial charge in [0.1, 0.15) is 23.2 Å². The molecule has 36 heavy (non-hydrogen) atoms. The first-order valence-electron chi connectivity index (χ1n) is 11.7. The van der Waals surface area contributed by atoms with Crippen LogP contribution >= 0.6 is 0 Å². The van der Waals surface area contributed by atoms with E-state index in [-0.39, 0.29) is 36.4 Å². The predicted octanol–water partition coefficient (Wildman–Crippen LogP) is 3.74. The monoisotopic (exact) mass is 507 g/mol. The maximum absolute atomic E-state index is 14.4. The normalized spacial score (nSPS) is 24.6. The number of aromatic nitrogens is 4. The van der Waals surface area contributed by atoms with E-state index in [0.717, 1.165) is 0 Å². The van der Waals surface area contributed by atoms with E-state index in [1.807, 2.05) is 0 Å². The first kappa shape index (κ1) is 24.2. The largest absolute Gasteiger partial charge is 0.378 e. The van der Waals surface area contributed by atoms with Crippen LogP contribution in [-0.4, -0.2) is 50.9 Å². The summed E-state index contributed by atoms with van der Waals surface area (Å²) in [5.74, 6) is -3.66. The van der Waals surface area contributed by atoms with Crippen LogP contribution in [0.4, 0.5) is 35.1 Å². The van der Waals surface area contributed by atoms with Gasteiger partial charge in [0.25, 0.3) is 0 Å². The van der Waals surface area contributed by atoms with Crippen molar-refractivity contribution >= 4 is 34.7 Å². The molecule has 2 aliphatic rings. The van der Waals surface area contributed by atoms with Crippen LogP contribution < -0.4 is 16.4 Å². The molecule has 0 radical (unpaired) electrons. The average Bonchev–Trinajstić information content (AvgIpc) is 3.20. The van der Waals surface area contributed by atoms with Gasteiger partial charge in [-0.25, -0.2) is 27.5 Å². The minimum Gasteiger partial charge on any atom is -0.378 e. The Balaban J connectivity index is 1.53. The number of ether oxygens (including phenoxy) is 1. The summed E-state index contributed by atoms with van der Waals surface area (Å²) in [7, 11) is 0. The molecule has 2 aromatic heterocycles. The lowest BCUT2D eigenvalue weighted by Crippen LogP contribution is -2.39. The van der Waals surface area contributed by atoms with Crippen molar-refractivity contribution in [1.29, 1.82) is 0 Å². The van der Waals surface area contributed by atoms with Crippen molar-refractivity contribution in [2.24, 2.45) is 11.7 Å². The fourth-order valence-electron chi connectivity index (χ4n) is 4.82. The Bertz CT molecular complexity index is 1260. The number of primary amides is 1. The topological polar surface area (TPSA) is 120 Å². The number of halogens is 4. The molecular weight excluding hydrogens is 482 g/mol. The number of nitrogens with one attached hydrogen (secondary N) is 2. The molecule has 9 nitrogen and oxygen atoms in total. The molecule has 1 aliphatic heterocycles. The molecule has 1 aromatic carbocycles. The van der Waals surface area contributed by atoms with E-state index in [0.29, 0.717) is 62.0 Å². The van der Waals surface area contributed by atoms with Gasteiger partial charge in [0.2, 0.25) is 17.8 Å². The van der Waals surface area contributed by atoms with Gasteiger partial charge in [-0.15, -0.1) is 0 Å². The molecule has 0 bridgehead atoms. The van der Waals surface area contributed by atoms with Gasteiger partial charge in [0, 0.05) is 30.7 Å². The summed E-state index contributed by atoms with van der Waals surface area (Å²) in [6.45, 7) is 0.383. The van der Waals surface area contributed by atoms with Crippen LogP contribution in [0.15, 0.2) is 18.3 Å². The molecule has 5 rings (SSSR count). The highest BCUT2D eigenvalue weighted by atomic mass is 19.1. The lowest BCUT2D eigenvalue weighted by molar-refractivity contribution is -0.122. The van der Waals surface area contributed by atoms with Gasteiger partial charge in [0.15, 0.2) is 17.3 Å². The average molecular weight is 507 g/mol. The summed E-state index contributed by atoms with van der Waals surface area (Å²) in [6, 6.07) is 0.386. The van der Waals surface area contributed by atoms with Crippen LogP contribution in [0.25, 0.3) is 11.2 Å². The lowest BCUT2D eigenvalue weighted by atomic mass is 9.85. The van der Waals surface area contributed by atoms with E-state index in [1.54, 1.807) is 4.57 Å². The summed E-state index contributed by atoms with van der Waals surface area (Å²) in [6.07, 6.45) is 2.79. The van der Waals surface area contributed by atoms with E-state index in [1.165, 1.54) is 6.20 Å². The number of benzene rings is 1. The Morgan fingerprint density at radius 3 is 2.47 bits per heavy atom. The quantitative estimate of drug-likeness (QED) is 0.435. The van der Waals surface area contributed by atoms with Gasteiger partial charge < -0.3 is 21.1 Å². The molecule has 2 fully saturated rings. The molecule has 192 valence electrons. The minimum atomic E-state index is -1.23. The van der Waals surface area contributed by atoms with Crippen molar-refractivity contribution in [2.45, 2.75) is 50.4 Å². The van der Waals surface area contributed by atoms with Crippen LogP contribution in [0, 0.1) is 23.4 Å². The molecule has 3 aromatic rings. The molecule has 2 atom stereocenters. The van der Waals surface area contributed by atoms with Gasteiger partial charge in [-0.1, -0.05) is 0 Å². The van der Waals surface area contributed by atoms with Gasteiger partial charge in [-0.3, -0.25) is 9.36 Å². The minimum absolute atomic E-state index is 0.0240. The zero-order chi connectivity index (χ0) is 25.4. The number of imidazole rings is 1. The first-order valence-corrected chi connectivity index (χ1v) is 11.7. The number of fused-ring (bicyclic) bond motifs is 1. The van der Waals surface area contributed by atoms with Crippen molar-refractivity contribution < 1.29 is 27.1 Å². The summed E-state index contributed by atoms with van der Waals surface area (Å²) in [5, 5.41) is 5.64. The van der Waals surface area contributed by atoms with Crippen LogP contribution in [0.1, 0.15) is 38.1 Å². The van der Waals surface area contributed by atoms with Crippen molar-refractivity contribution in [2.75, 3.05) is 23.8 Å². The second-order valence-electron chi connectivity index (χ2n) is 9.12. The van der Waals surface area contributed by atoms with Gasteiger partial charge in [-0.05, 0) is 32.1 Å². The molecule has 1 saturated carbocycles. The number of amides is 1. The van der Waals surface area contributed by atoms with Crippen molar-refractivity contribution in [3.63, 3.8) is 0 Å². The number of hydrogen-bond donors (Lipinski definition) is 3. The van der Waals surface area contributed by atoms with E-state index in [4.69, 9.17) is 10.5 Å². The summed E-state index contributed by atoms with van der Waals surface area (Å²) in [5.41, 5.74) is 5.61. The first-order chi connectivity index (χ1) is 17.3. The fraction of sp³-hybridized carbons (Fsp3) is 0.478. The number of rotatable bonds is 6. The Labute approximate surface area is 203 Å². The Kier molecular flexibility index (Phi) is 6.65. The Hall–Kier alpha value is -3.48. The molecule has 1 amide bonds. The third-order valence-electron chi connectivity index (χ3n) is 6.74. The molecule has 0 spiro atoms. The zero-order valence-corrected chi connectivity index (χ0v) is 19.2. The van der Waals surface area contributed by atoms with Crippen LogP contribution in [-0.2, 0) is 9.53 Å². The number of carbonyl (C=O) groups excluding carboxylic acids is 1. The van der Waals surface area contributed by atoms with Gasteiger partial charge in [-0.2, -0.15) is 4.98 Å². The maximum Gasteiger partial charge on any atom is 0.225 e. The van der Waals surface area contributed by atoms with E-state index in [2.05, 4.69) is 25.6 Å². The third kappa shape index (κ3) is 4.79. The SMILES string of the molecule is NC(=O)[C@H]1CC[C@@H](n2c(Nc3c(F)cc(F)cc3F)nc3cnc(N[C@@H]4CCOC[C@H]4F)nc32)CC1. The van der Waals surface area contributed by atoms with E-state index in [9.17, 15) is 22.4 Å². The van der Waals surface area contributed by atoms with Crippen molar-refractivity contribution in [3.8, 4) is 0 Å². The molecular formula is C23H25F4N7O2. The number of nitrogens with two attached hydrogens (primary N) is 1. The molecule has 13 heteroatoms. The van der Waals surface area contributed by atoms with E-state index >= 15 is 0 Å². The number of nitrogens with zero attached hydrogens (tertiary/aromatic N) is 4. The van der Waals surface area contributed by atoms with Crippen LogP contribution in [0.3, 0.4) is 0 Å². The van der Waals surface area contributed by atoms with Gasteiger partial charge >= 0.3 is 0 Å². The number of hydrogen-bond acceptors (Lipinski definition) is 7. The van der Waals surface area contributed by atoms with Crippen LogP contribution in [0.2, 0.25) is 0 Å². The summed E-state index contributed by atoms with van der Waals surface area (Å²) in [4.78, 5) is 24.8.